The summed E-state index contributed by atoms with van der Waals surface area (Å²) in [5.74, 6) is -1.17. The number of hydrogen-bond acceptors (Lipinski definition) is 7. The first-order chi connectivity index (χ1) is 14.5. The third-order valence-corrected chi connectivity index (χ3v) is 6.08. The lowest BCUT2D eigenvalue weighted by molar-refractivity contribution is -0.151. The largest absolute Gasteiger partial charge is 0.462 e. The molecule has 2 aromatic heterocycles. The van der Waals surface area contributed by atoms with Crippen LogP contribution >= 0.6 is 11.3 Å². The van der Waals surface area contributed by atoms with Crippen molar-refractivity contribution < 1.29 is 23.5 Å². The zero-order chi connectivity index (χ0) is 21.3. The van der Waals surface area contributed by atoms with E-state index in [2.05, 4.69) is 4.98 Å². The lowest BCUT2D eigenvalue weighted by Crippen LogP contribution is -2.49. The number of hydrogen-bond donors (Lipinski definition) is 0. The van der Waals surface area contributed by atoms with E-state index in [9.17, 15) is 14.4 Å². The highest BCUT2D eigenvalue weighted by Gasteiger charge is 2.45. The minimum atomic E-state index is -0.995. The summed E-state index contributed by atoms with van der Waals surface area (Å²) in [5.41, 5.74) is 1.20. The Morgan fingerprint density at radius 3 is 2.47 bits per heavy atom. The van der Waals surface area contributed by atoms with Crippen molar-refractivity contribution in [1.82, 2.24) is 9.88 Å². The van der Waals surface area contributed by atoms with E-state index in [1.165, 1.54) is 11.3 Å². The van der Waals surface area contributed by atoms with Gasteiger partial charge in [0.05, 0.1) is 23.1 Å². The summed E-state index contributed by atoms with van der Waals surface area (Å²) in [6.45, 7) is 3.68. The van der Waals surface area contributed by atoms with E-state index in [0.717, 1.165) is 4.90 Å². The zero-order valence-corrected chi connectivity index (χ0v) is 17.3. The van der Waals surface area contributed by atoms with Gasteiger partial charge in [0, 0.05) is 5.38 Å². The van der Waals surface area contributed by atoms with Gasteiger partial charge in [-0.2, -0.15) is 0 Å². The molecule has 2 atom stereocenters. The van der Waals surface area contributed by atoms with Crippen LogP contribution in [-0.2, 0) is 16.1 Å². The van der Waals surface area contributed by atoms with Crippen molar-refractivity contribution in [1.29, 1.82) is 0 Å². The molecule has 3 heterocycles. The molecule has 0 unspecified atom stereocenters. The van der Waals surface area contributed by atoms with E-state index in [0.29, 0.717) is 34.0 Å². The zero-order valence-electron chi connectivity index (χ0n) is 16.5. The molecule has 8 heteroatoms. The number of furan rings is 1. The molecule has 1 aliphatic heterocycles. The highest BCUT2D eigenvalue weighted by atomic mass is 32.1. The van der Waals surface area contributed by atoms with Gasteiger partial charge in [0.2, 0.25) is 0 Å². The molecule has 0 radical (unpaired) electrons. The average molecular weight is 424 g/mol. The van der Waals surface area contributed by atoms with Gasteiger partial charge in [-0.05, 0) is 30.2 Å². The van der Waals surface area contributed by atoms with Crippen molar-refractivity contribution in [3.63, 3.8) is 0 Å². The van der Waals surface area contributed by atoms with E-state index in [4.69, 9.17) is 9.15 Å². The van der Waals surface area contributed by atoms with Crippen LogP contribution in [0.1, 0.15) is 46.7 Å². The quantitative estimate of drug-likeness (QED) is 0.418. The average Bonchev–Trinajstić information content (AvgIpc) is 3.50. The van der Waals surface area contributed by atoms with Gasteiger partial charge in [-0.3, -0.25) is 14.5 Å². The second-order valence-electron chi connectivity index (χ2n) is 7.09. The third kappa shape index (κ3) is 3.54. The molecule has 2 amide bonds. The molecule has 4 rings (SSSR count). The smallest absolute Gasteiger partial charge is 0.330 e. The number of rotatable bonds is 7. The van der Waals surface area contributed by atoms with Crippen LogP contribution in [-0.4, -0.2) is 33.7 Å². The predicted molar refractivity (Wildman–Crippen MR) is 110 cm³/mol. The Kier molecular flexibility index (Phi) is 5.50. The van der Waals surface area contributed by atoms with Crippen molar-refractivity contribution in [2.24, 2.45) is 5.92 Å². The highest BCUT2D eigenvalue weighted by Crippen LogP contribution is 2.29. The fourth-order valence-corrected chi connectivity index (χ4v) is 4.16. The van der Waals surface area contributed by atoms with Crippen molar-refractivity contribution in [3.8, 4) is 10.8 Å². The molecule has 30 heavy (non-hydrogen) atoms. The summed E-state index contributed by atoms with van der Waals surface area (Å²) >= 11 is 1.38. The van der Waals surface area contributed by atoms with Crippen LogP contribution < -0.4 is 0 Å². The van der Waals surface area contributed by atoms with Crippen LogP contribution in [0.4, 0.5) is 0 Å². The van der Waals surface area contributed by atoms with Gasteiger partial charge >= 0.3 is 5.97 Å². The number of carbonyl (C=O) groups is 3. The molecule has 3 aromatic rings. The normalized spacial score (nSPS) is 15.2. The minimum Gasteiger partial charge on any atom is -0.462 e. The molecule has 0 aliphatic carbocycles. The van der Waals surface area contributed by atoms with E-state index in [1.807, 2.05) is 13.8 Å². The fraction of sp³-hybridized carbons (Fsp3) is 0.273. The molecule has 0 saturated carbocycles. The molecule has 1 aromatic carbocycles. The monoisotopic (exact) mass is 424 g/mol. The fourth-order valence-electron chi connectivity index (χ4n) is 3.39. The second kappa shape index (κ2) is 8.23. The van der Waals surface area contributed by atoms with Gasteiger partial charge in [0.25, 0.3) is 11.8 Å². The maximum Gasteiger partial charge on any atom is 0.330 e. The third-order valence-electron chi connectivity index (χ3n) is 5.17. The van der Waals surface area contributed by atoms with Crippen LogP contribution in [0.15, 0.2) is 52.5 Å². The van der Waals surface area contributed by atoms with Crippen LogP contribution in [0.25, 0.3) is 10.8 Å². The molecule has 0 fully saturated rings. The standard InChI is InChI=1S/C22H20N2O5S/c1-3-13(2)18(24-20(25)15-7-4-5-8-16(15)21(24)26)22(27)29-11-14-12-30-19(23-14)17-9-6-10-28-17/h4-10,12-13,18H,3,11H2,1-2H3/t13-,18-/m0/s1. The number of carbonyl (C=O) groups excluding carboxylic acids is 3. The lowest BCUT2D eigenvalue weighted by atomic mass is 9.97. The Labute approximate surface area is 177 Å². The van der Waals surface area contributed by atoms with E-state index < -0.39 is 23.8 Å². The minimum absolute atomic E-state index is 0.0495. The molecule has 0 N–H and O–H groups in total. The van der Waals surface area contributed by atoms with Crippen LogP contribution in [0.2, 0.25) is 0 Å². The number of aromatic nitrogens is 1. The summed E-state index contributed by atoms with van der Waals surface area (Å²) < 4.78 is 10.8. The maximum atomic E-state index is 13.0. The van der Waals surface area contributed by atoms with Gasteiger partial charge in [-0.25, -0.2) is 9.78 Å². The molecule has 1 aliphatic rings. The first-order valence-corrected chi connectivity index (χ1v) is 10.5. The number of amides is 2. The van der Waals surface area contributed by atoms with Crippen LogP contribution in [0.5, 0.6) is 0 Å². The van der Waals surface area contributed by atoms with Gasteiger partial charge in [0.15, 0.2) is 10.8 Å². The number of esters is 1. The van der Waals surface area contributed by atoms with Crippen molar-refractivity contribution in [3.05, 3.63) is 64.9 Å². The van der Waals surface area contributed by atoms with Gasteiger partial charge < -0.3 is 9.15 Å². The number of ether oxygens (including phenoxy) is 1. The number of benzene rings is 1. The summed E-state index contributed by atoms with van der Waals surface area (Å²) in [4.78, 5) is 44.1. The molecule has 0 saturated heterocycles. The van der Waals surface area contributed by atoms with Crippen molar-refractivity contribution >= 4 is 29.1 Å². The Balaban J connectivity index is 1.51. The van der Waals surface area contributed by atoms with E-state index in [1.54, 1.807) is 48.0 Å². The molecule has 0 bridgehead atoms. The summed E-state index contributed by atoms with van der Waals surface area (Å²) in [6, 6.07) is 9.17. The summed E-state index contributed by atoms with van der Waals surface area (Å²) in [6.07, 6.45) is 2.17. The number of fused-ring (bicyclic) bond motifs is 1. The summed E-state index contributed by atoms with van der Waals surface area (Å²) in [5, 5.41) is 2.47. The molecule has 7 nitrogen and oxygen atoms in total. The summed E-state index contributed by atoms with van der Waals surface area (Å²) in [7, 11) is 0. The maximum absolute atomic E-state index is 13.0. The van der Waals surface area contributed by atoms with Crippen molar-refractivity contribution in [2.45, 2.75) is 32.9 Å². The van der Waals surface area contributed by atoms with Crippen molar-refractivity contribution in [2.75, 3.05) is 0 Å². The molecule has 0 spiro atoms. The molecular weight excluding hydrogens is 404 g/mol. The van der Waals surface area contributed by atoms with Gasteiger partial charge in [-0.1, -0.05) is 32.4 Å². The van der Waals surface area contributed by atoms with E-state index >= 15 is 0 Å². The number of thiazole rings is 1. The van der Waals surface area contributed by atoms with E-state index in [-0.39, 0.29) is 12.5 Å². The topological polar surface area (TPSA) is 89.7 Å². The van der Waals surface area contributed by atoms with Gasteiger partial charge in [-0.15, -0.1) is 11.3 Å². The number of nitrogens with zero attached hydrogens (tertiary/aromatic N) is 2. The predicted octanol–water partition coefficient (Wildman–Crippen LogP) is 4.16. The Hall–Kier alpha value is -3.26. The Morgan fingerprint density at radius 2 is 1.87 bits per heavy atom. The number of imide groups is 1. The SMILES string of the molecule is CC[C@H](C)[C@@H](C(=O)OCc1csc(-c2ccco2)n1)N1C(=O)c2ccccc2C1=O. The Morgan fingerprint density at radius 1 is 1.17 bits per heavy atom. The second-order valence-corrected chi connectivity index (χ2v) is 7.94. The van der Waals surface area contributed by atoms with Crippen LogP contribution in [0, 0.1) is 5.92 Å². The first-order valence-electron chi connectivity index (χ1n) is 9.63. The lowest BCUT2D eigenvalue weighted by Gasteiger charge is -2.28. The molecular formula is C22H20N2O5S. The molecule has 154 valence electrons. The first kappa shape index (κ1) is 20.0. The van der Waals surface area contributed by atoms with Crippen LogP contribution in [0.3, 0.4) is 0 Å². The Bertz CT molecular complexity index is 1050. The highest BCUT2D eigenvalue weighted by molar-refractivity contribution is 7.13. The van der Waals surface area contributed by atoms with Gasteiger partial charge in [0.1, 0.15) is 12.6 Å².